The van der Waals surface area contributed by atoms with Crippen molar-refractivity contribution in [3.63, 3.8) is 0 Å². The third-order valence-electron chi connectivity index (χ3n) is 5.42. The van der Waals surface area contributed by atoms with Crippen LogP contribution < -0.4 is 20.7 Å². The lowest BCUT2D eigenvalue weighted by molar-refractivity contribution is -0.669. The Kier molecular flexibility index (Phi) is 5.86. The number of aliphatic carboxylic acids is 1. The highest BCUT2D eigenvalue weighted by Crippen LogP contribution is 2.40. The number of thioether (sulfide) groups is 1. The van der Waals surface area contributed by atoms with Crippen molar-refractivity contribution < 1.29 is 33.3 Å². The summed E-state index contributed by atoms with van der Waals surface area (Å²) in [6, 6.07) is 4.51. The highest BCUT2D eigenvalue weighted by Gasteiger charge is 2.53. The van der Waals surface area contributed by atoms with E-state index >= 15 is 0 Å². The molecule has 2 aliphatic heterocycles. The molecule has 1 unspecified atom stereocenters. The highest BCUT2D eigenvalue weighted by atomic mass is 32.2. The molecule has 13 nitrogen and oxygen atoms in total. The van der Waals surface area contributed by atoms with Gasteiger partial charge in [0.05, 0.1) is 23.3 Å². The number of hydrogen-bond acceptors (Lipinski definition) is 12. The van der Waals surface area contributed by atoms with Crippen LogP contribution in [0.4, 0.5) is 5.13 Å². The summed E-state index contributed by atoms with van der Waals surface area (Å²) in [4.78, 5) is 47.6. The van der Waals surface area contributed by atoms with Crippen molar-refractivity contribution in [2.24, 2.45) is 5.16 Å². The van der Waals surface area contributed by atoms with Gasteiger partial charge < -0.3 is 30.2 Å². The number of pyridine rings is 1. The van der Waals surface area contributed by atoms with Gasteiger partial charge in [-0.1, -0.05) is 5.16 Å². The second-order valence-electron chi connectivity index (χ2n) is 7.50. The molecule has 0 aliphatic carbocycles. The van der Waals surface area contributed by atoms with Crippen LogP contribution in [-0.2, 0) is 25.8 Å². The van der Waals surface area contributed by atoms with Crippen molar-refractivity contribution in [3.8, 4) is 0 Å². The number of hydrogen-bond donors (Lipinski definition) is 2. The summed E-state index contributed by atoms with van der Waals surface area (Å²) in [5.41, 5.74) is 6.17. The molecule has 180 valence electrons. The van der Waals surface area contributed by atoms with Gasteiger partial charge in [-0.25, -0.2) is 0 Å². The number of oxime groups is 1. The Morgan fingerprint density at radius 3 is 3.00 bits per heavy atom. The van der Waals surface area contributed by atoms with Gasteiger partial charge in [-0.05, 0) is 12.1 Å². The molecule has 0 bridgehead atoms. The van der Waals surface area contributed by atoms with Crippen LogP contribution in [0.1, 0.15) is 5.82 Å². The molecule has 35 heavy (non-hydrogen) atoms. The van der Waals surface area contributed by atoms with Crippen LogP contribution in [0.25, 0.3) is 11.1 Å². The number of carboxylic acid groups (broad SMARTS) is 1. The summed E-state index contributed by atoms with van der Waals surface area (Å²) in [6.07, 6.45) is 3.31. The first-order valence-electron chi connectivity index (χ1n) is 10.1. The zero-order chi connectivity index (χ0) is 24.7. The molecule has 1 saturated heterocycles. The summed E-state index contributed by atoms with van der Waals surface area (Å²) in [6.45, 7) is 0.191. The number of aromatic nitrogens is 3. The molecule has 3 aromatic heterocycles. The molecule has 2 amide bonds. The molecule has 1 fully saturated rings. The number of nitrogen functional groups attached to an aromatic ring is 1. The number of nitrogens with one attached hydrogen (secondary N) is 1. The van der Waals surface area contributed by atoms with E-state index < -0.39 is 29.2 Å². The van der Waals surface area contributed by atoms with Crippen LogP contribution in [0.5, 0.6) is 0 Å². The number of amides is 2. The molecular weight excluding hydrogens is 498 g/mol. The lowest BCUT2D eigenvalue weighted by Gasteiger charge is -2.50. The fourth-order valence-corrected chi connectivity index (χ4v) is 5.70. The fourth-order valence-electron chi connectivity index (χ4n) is 3.93. The first kappa shape index (κ1) is 22.8. The van der Waals surface area contributed by atoms with Gasteiger partial charge >= 0.3 is 5.71 Å². The summed E-state index contributed by atoms with van der Waals surface area (Å²) in [5, 5.41) is 18.6. The molecule has 2 atom stereocenters. The standard InChI is InChI=1S/C20H17N7O6S2/c1-32-24-11(14-23-20(21)35-25-14)15(28)22-12-16(29)27-13(19(30)31)10(8-34-18(12)27)7-26-5-2-3-9-4-6-33-17(9)26/h2-6,12,18H,7-8H2,1H3,(H3-,21,22,23,25,28,30,31)/t12?,18-/m0/s1. The van der Waals surface area contributed by atoms with Crippen LogP contribution in [0.15, 0.2) is 51.5 Å². The third kappa shape index (κ3) is 3.97. The van der Waals surface area contributed by atoms with Crippen LogP contribution in [0, 0.1) is 0 Å². The van der Waals surface area contributed by atoms with Gasteiger partial charge in [0.25, 0.3) is 11.8 Å². The van der Waals surface area contributed by atoms with Crippen molar-refractivity contribution in [2.45, 2.75) is 18.0 Å². The fraction of sp³-hybridized carbons (Fsp3) is 0.250. The lowest BCUT2D eigenvalue weighted by atomic mass is 10.0. The van der Waals surface area contributed by atoms with E-state index in [0.29, 0.717) is 17.0 Å². The largest absolute Gasteiger partial charge is 0.543 e. The van der Waals surface area contributed by atoms with E-state index in [9.17, 15) is 19.5 Å². The molecule has 0 radical (unpaired) electrons. The van der Waals surface area contributed by atoms with E-state index in [2.05, 4.69) is 19.8 Å². The second kappa shape index (κ2) is 8.99. The van der Waals surface area contributed by atoms with Gasteiger partial charge in [-0.2, -0.15) is 13.9 Å². The number of rotatable bonds is 7. The third-order valence-corrected chi connectivity index (χ3v) is 7.30. The van der Waals surface area contributed by atoms with Crippen molar-refractivity contribution in [2.75, 3.05) is 18.6 Å². The van der Waals surface area contributed by atoms with Gasteiger partial charge in [0, 0.05) is 28.9 Å². The summed E-state index contributed by atoms with van der Waals surface area (Å²) < 4.78 is 11.2. The molecule has 3 N–H and O–H groups in total. The zero-order valence-electron chi connectivity index (χ0n) is 18.0. The zero-order valence-corrected chi connectivity index (χ0v) is 19.7. The Balaban J connectivity index is 1.38. The van der Waals surface area contributed by atoms with Gasteiger partial charge in [-0.15, -0.1) is 11.8 Å². The average Bonchev–Trinajstić information content (AvgIpc) is 3.49. The number of anilines is 1. The summed E-state index contributed by atoms with van der Waals surface area (Å²) >= 11 is 2.20. The van der Waals surface area contributed by atoms with Crippen LogP contribution >= 0.6 is 23.3 Å². The minimum absolute atomic E-state index is 0.0477. The Bertz CT molecular complexity index is 1410. The predicted molar refractivity (Wildman–Crippen MR) is 121 cm³/mol. The molecule has 0 saturated carbocycles. The molecule has 5 heterocycles. The number of β-lactam (4-membered cyclic amide) rings is 1. The van der Waals surface area contributed by atoms with E-state index in [1.54, 1.807) is 23.1 Å². The van der Waals surface area contributed by atoms with Crippen molar-refractivity contribution >= 4 is 63.0 Å². The van der Waals surface area contributed by atoms with Crippen LogP contribution in [0.3, 0.4) is 0 Å². The number of nitrogens with two attached hydrogens (primary N) is 1. The van der Waals surface area contributed by atoms with Gasteiger partial charge in [0.15, 0.2) is 17.9 Å². The first-order valence-corrected chi connectivity index (χ1v) is 12.0. The monoisotopic (exact) mass is 515 g/mol. The molecule has 15 heteroatoms. The van der Waals surface area contributed by atoms with Gasteiger partial charge in [-0.3, -0.25) is 14.5 Å². The molecule has 0 aromatic carbocycles. The Hall–Kier alpha value is -3.98. The molecule has 5 rings (SSSR count). The van der Waals surface area contributed by atoms with Crippen molar-refractivity contribution in [1.29, 1.82) is 0 Å². The SMILES string of the molecule is CON=C(C(=O)NC1C(=O)N2C(C(=O)[O-])=C(C[n+]3cccc4ccoc43)CS[C@@H]12)c1nsc(N)n1. The number of carboxylic acids is 1. The number of fused-ring (bicyclic) bond motifs is 2. The topological polar surface area (TPSA) is 180 Å². The second-order valence-corrected chi connectivity index (χ2v) is 9.38. The number of carbonyl (C=O) groups excluding carboxylic acids is 3. The summed E-state index contributed by atoms with van der Waals surface area (Å²) in [7, 11) is 1.25. The van der Waals surface area contributed by atoms with Crippen molar-refractivity contribution in [1.82, 2.24) is 19.6 Å². The van der Waals surface area contributed by atoms with Gasteiger partial charge in [0.1, 0.15) is 18.5 Å². The average molecular weight is 516 g/mol. The number of furan rings is 1. The molecule has 3 aromatic rings. The van der Waals surface area contributed by atoms with Crippen LogP contribution in [-0.4, -0.2) is 62.0 Å². The maximum absolute atomic E-state index is 13.0. The lowest BCUT2D eigenvalue weighted by Crippen LogP contribution is -2.71. The van der Waals surface area contributed by atoms with E-state index in [-0.39, 0.29) is 28.9 Å². The van der Waals surface area contributed by atoms with E-state index in [0.717, 1.165) is 21.8 Å². The smallest absolute Gasteiger partial charge is 0.380 e. The Morgan fingerprint density at radius 1 is 1.46 bits per heavy atom. The maximum atomic E-state index is 13.0. The molecular formula is C20H17N7O6S2. The highest BCUT2D eigenvalue weighted by molar-refractivity contribution is 8.00. The maximum Gasteiger partial charge on any atom is 0.380 e. The minimum atomic E-state index is -1.47. The Morgan fingerprint density at radius 2 is 2.29 bits per heavy atom. The van der Waals surface area contributed by atoms with E-state index in [4.69, 9.17) is 15.0 Å². The van der Waals surface area contributed by atoms with E-state index in [1.165, 1.54) is 18.9 Å². The van der Waals surface area contributed by atoms with Gasteiger partial charge in [0.2, 0.25) is 11.5 Å². The van der Waals surface area contributed by atoms with Crippen LogP contribution in [0.2, 0.25) is 0 Å². The predicted octanol–water partition coefficient (Wildman–Crippen LogP) is -1.39. The minimum Gasteiger partial charge on any atom is -0.543 e. The molecule has 2 aliphatic rings. The number of nitrogens with zero attached hydrogens (tertiary/aromatic N) is 5. The Labute approximate surface area is 205 Å². The van der Waals surface area contributed by atoms with Crippen molar-refractivity contribution in [3.05, 3.63) is 47.8 Å². The quantitative estimate of drug-likeness (QED) is 0.165. The summed E-state index contributed by atoms with van der Waals surface area (Å²) in [5.74, 6) is -2.56. The van der Waals surface area contributed by atoms with E-state index in [1.807, 2.05) is 12.1 Å². The normalized spacial score (nSPS) is 20.0. The first-order chi connectivity index (χ1) is 16.9. The number of carbonyl (C=O) groups is 3. The molecule has 0 spiro atoms.